The Kier molecular flexibility index (Phi) is 6.95. The third-order valence-corrected chi connectivity index (χ3v) is 6.08. The van der Waals surface area contributed by atoms with Crippen molar-refractivity contribution in [2.45, 2.75) is 11.7 Å². The summed E-state index contributed by atoms with van der Waals surface area (Å²) in [6.07, 6.45) is 0. The number of rotatable bonds is 7. The molecule has 0 aliphatic carbocycles. The molecule has 0 bridgehead atoms. The predicted molar refractivity (Wildman–Crippen MR) is 132 cm³/mol. The van der Waals surface area contributed by atoms with Crippen LogP contribution in [0.2, 0.25) is 0 Å². The Morgan fingerprint density at radius 3 is 2.65 bits per heavy atom. The fourth-order valence-corrected chi connectivity index (χ4v) is 4.29. The molecule has 4 rings (SSSR count). The van der Waals surface area contributed by atoms with Crippen LogP contribution in [0.3, 0.4) is 0 Å². The molecule has 1 aromatic heterocycles. The van der Waals surface area contributed by atoms with Gasteiger partial charge in [-0.2, -0.15) is 5.26 Å². The minimum atomic E-state index is -0.282. The lowest BCUT2D eigenvalue weighted by molar-refractivity contribution is 0.0785. The van der Waals surface area contributed by atoms with Crippen molar-refractivity contribution in [2.75, 3.05) is 19.9 Å². The Balaban J connectivity index is 1.76. The molecule has 7 nitrogen and oxygen atoms in total. The van der Waals surface area contributed by atoms with E-state index in [1.807, 2.05) is 30.3 Å². The number of benzene rings is 3. The Labute approximate surface area is 201 Å². The van der Waals surface area contributed by atoms with Crippen LogP contribution in [0.15, 0.2) is 82.7 Å². The summed E-state index contributed by atoms with van der Waals surface area (Å²) in [4.78, 5) is 32.8. The molecule has 4 aromatic rings. The zero-order chi connectivity index (χ0) is 24.1. The Hall–Kier alpha value is -4.09. The van der Waals surface area contributed by atoms with Crippen molar-refractivity contribution in [1.82, 2.24) is 14.5 Å². The smallest absolute Gasteiger partial charge is 0.266 e. The highest BCUT2D eigenvalue weighted by Gasteiger charge is 2.17. The summed E-state index contributed by atoms with van der Waals surface area (Å²) in [6.45, 7) is 0.464. The zero-order valence-electron chi connectivity index (χ0n) is 18.8. The number of nitriles is 1. The highest BCUT2D eigenvalue weighted by atomic mass is 32.2. The average Bonchev–Trinajstić information content (AvgIpc) is 2.87. The second kappa shape index (κ2) is 10.2. The van der Waals surface area contributed by atoms with Gasteiger partial charge in [0, 0.05) is 25.2 Å². The predicted octanol–water partition coefficient (Wildman–Crippen LogP) is 4.28. The third-order valence-electron chi connectivity index (χ3n) is 5.27. The normalized spacial score (nSPS) is 10.6. The van der Waals surface area contributed by atoms with Crippen LogP contribution >= 0.6 is 11.8 Å². The van der Waals surface area contributed by atoms with E-state index < -0.39 is 0 Å². The number of methoxy groups -OCH3 is 1. The number of amides is 1. The molecule has 170 valence electrons. The van der Waals surface area contributed by atoms with Gasteiger partial charge in [0.05, 0.1) is 35.5 Å². The molecule has 0 aliphatic rings. The maximum absolute atomic E-state index is 13.5. The lowest BCUT2D eigenvalue weighted by Crippen LogP contribution is -2.26. The topological polar surface area (TPSA) is 88.2 Å². The molecule has 3 aromatic carbocycles. The summed E-state index contributed by atoms with van der Waals surface area (Å²) in [5.74, 6) is 0.555. The monoisotopic (exact) mass is 470 g/mol. The SMILES string of the molecule is COc1cccc(-n2c(SCC#N)nc3cc(C(=O)N(C)Cc4ccccc4)ccc3c2=O)c1. The van der Waals surface area contributed by atoms with Crippen molar-refractivity contribution in [1.29, 1.82) is 5.26 Å². The van der Waals surface area contributed by atoms with Gasteiger partial charge in [0.1, 0.15) is 5.75 Å². The molecule has 0 unspecified atom stereocenters. The van der Waals surface area contributed by atoms with E-state index in [0.29, 0.717) is 39.6 Å². The summed E-state index contributed by atoms with van der Waals surface area (Å²) in [6, 6.07) is 23.8. The van der Waals surface area contributed by atoms with Gasteiger partial charge in [-0.05, 0) is 35.9 Å². The molecule has 0 N–H and O–H groups in total. The van der Waals surface area contributed by atoms with E-state index in [-0.39, 0.29) is 17.2 Å². The largest absolute Gasteiger partial charge is 0.497 e. The highest BCUT2D eigenvalue weighted by molar-refractivity contribution is 7.99. The molecule has 34 heavy (non-hydrogen) atoms. The number of carbonyl (C=O) groups is 1. The van der Waals surface area contributed by atoms with Crippen LogP contribution in [0.4, 0.5) is 0 Å². The van der Waals surface area contributed by atoms with Crippen molar-refractivity contribution in [3.63, 3.8) is 0 Å². The number of aromatic nitrogens is 2. The van der Waals surface area contributed by atoms with Gasteiger partial charge in [0.2, 0.25) is 0 Å². The fraction of sp³-hybridized carbons (Fsp3) is 0.154. The van der Waals surface area contributed by atoms with Crippen LogP contribution in [0.5, 0.6) is 5.75 Å². The van der Waals surface area contributed by atoms with Crippen LogP contribution in [0.1, 0.15) is 15.9 Å². The van der Waals surface area contributed by atoms with Crippen LogP contribution in [-0.2, 0) is 6.54 Å². The molecule has 0 atom stereocenters. The maximum Gasteiger partial charge on any atom is 0.266 e. The van der Waals surface area contributed by atoms with Crippen molar-refractivity contribution in [3.05, 3.63) is 94.3 Å². The van der Waals surface area contributed by atoms with Gasteiger partial charge in [-0.15, -0.1) is 0 Å². The number of nitrogens with zero attached hydrogens (tertiary/aromatic N) is 4. The number of ether oxygens (including phenoxy) is 1. The molecule has 1 heterocycles. The second-order valence-corrected chi connectivity index (χ2v) is 8.50. The third kappa shape index (κ3) is 4.80. The van der Waals surface area contributed by atoms with E-state index >= 15 is 0 Å². The average molecular weight is 471 g/mol. The van der Waals surface area contributed by atoms with Crippen molar-refractivity contribution in [2.24, 2.45) is 0 Å². The Morgan fingerprint density at radius 1 is 1.12 bits per heavy atom. The molecule has 1 amide bonds. The number of thioether (sulfide) groups is 1. The van der Waals surface area contributed by atoms with E-state index in [9.17, 15) is 9.59 Å². The van der Waals surface area contributed by atoms with Gasteiger partial charge >= 0.3 is 0 Å². The fourth-order valence-electron chi connectivity index (χ4n) is 3.62. The minimum Gasteiger partial charge on any atom is -0.497 e. The molecular formula is C26H22N4O3S. The molecule has 0 fully saturated rings. The van der Waals surface area contributed by atoms with E-state index in [1.165, 1.54) is 4.57 Å². The first kappa shape index (κ1) is 23.1. The summed E-state index contributed by atoms with van der Waals surface area (Å²) >= 11 is 1.16. The van der Waals surface area contributed by atoms with Crippen molar-refractivity contribution >= 4 is 28.6 Å². The summed E-state index contributed by atoms with van der Waals surface area (Å²) in [5.41, 5.74) is 2.17. The maximum atomic E-state index is 13.5. The lowest BCUT2D eigenvalue weighted by Gasteiger charge is -2.18. The van der Waals surface area contributed by atoms with Gasteiger partial charge in [0.15, 0.2) is 5.16 Å². The van der Waals surface area contributed by atoms with Crippen molar-refractivity contribution < 1.29 is 9.53 Å². The van der Waals surface area contributed by atoms with Crippen molar-refractivity contribution in [3.8, 4) is 17.5 Å². The molecule has 8 heteroatoms. The molecular weight excluding hydrogens is 448 g/mol. The van der Waals surface area contributed by atoms with Gasteiger partial charge in [-0.1, -0.05) is 48.2 Å². The van der Waals surface area contributed by atoms with Gasteiger partial charge in [0.25, 0.3) is 11.5 Å². The first-order valence-electron chi connectivity index (χ1n) is 10.5. The van der Waals surface area contributed by atoms with Gasteiger partial charge in [-0.3, -0.25) is 14.2 Å². The Morgan fingerprint density at radius 2 is 1.91 bits per heavy atom. The summed E-state index contributed by atoms with van der Waals surface area (Å²) in [5, 5.41) is 9.85. The van der Waals surface area contributed by atoms with Gasteiger partial charge < -0.3 is 9.64 Å². The number of hydrogen-bond acceptors (Lipinski definition) is 6. The second-order valence-electron chi connectivity index (χ2n) is 7.56. The standard InChI is InChI=1S/C26H22N4O3S/c1-29(17-18-7-4-3-5-8-18)24(31)19-11-12-22-23(15-19)28-26(34-14-13-27)30(25(22)32)20-9-6-10-21(16-20)33-2/h3-12,15-16H,14,17H2,1-2H3. The molecule has 0 aliphatic heterocycles. The van der Waals surface area contributed by atoms with Crippen LogP contribution < -0.4 is 10.3 Å². The van der Waals surface area contributed by atoms with E-state index in [1.54, 1.807) is 61.5 Å². The first-order valence-corrected chi connectivity index (χ1v) is 11.5. The molecule has 0 radical (unpaired) electrons. The molecule has 0 spiro atoms. The number of hydrogen-bond donors (Lipinski definition) is 0. The lowest BCUT2D eigenvalue weighted by atomic mass is 10.1. The Bertz CT molecular complexity index is 1440. The molecule has 0 saturated heterocycles. The highest BCUT2D eigenvalue weighted by Crippen LogP contribution is 2.24. The summed E-state index contributed by atoms with van der Waals surface area (Å²) < 4.78 is 6.76. The van der Waals surface area contributed by atoms with Crippen LogP contribution in [0, 0.1) is 11.3 Å². The van der Waals surface area contributed by atoms with Gasteiger partial charge in [-0.25, -0.2) is 4.98 Å². The number of fused-ring (bicyclic) bond motifs is 1. The van der Waals surface area contributed by atoms with E-state index in [4.69, 9.17) is 10.00 Å². The number of carbonyl (C=O) groups excluding carboxylic acids is 1. The van der Waals surface area contributed by atoms with Crippen LogP contribution in [-0.4, -0.2) is 40.3 Å². The summed E-state index contributed by atoms with van der Waals surface area (Å²) in [7, 11) is 3.29. The first-order chi connectivity index (χ1) is 16.5. The zero-order valence-corrected chi connectivity index (χ0v) is 19.6. The quantitative estimate of drug-likeness (QED) is 0.296. The van der Waals surface area contributed by atoms with E-state index in [0.717, 1.165) is 17.3 Å². The van der Waals surface area contributed by atoms with Crippen LogP contribution in [0.25, 0.3) is 16.6 Å². The molecule has 0 saturated carbocycles. The van der Waals surface area contributed by atoms with E-state index in [2.05, 4.69) is 11.1 Å². The minimum absolute atomic E-state index is 0.125.